The SMILES string of the molecule is OCCNc1ccc(-c2cccc(C(F)(F)F)c2)nn1. The normalized spacial score (nSPS) is 11.4. The third kappa shape index (κ3) is 3.45. The second kappa shape index (κ2) is 5.87. The van der Waals surface area contributed by atoms with E-state index in [1.807, 2.05) is 0 Å². The Labute approximate surface area is 113 Å². The molecule has 2 rings (SSSR count). The lowest BCUT2D eigenvalue weighted by atomic mass is 10.1. The second-order valence-corrected chi connectivity index (χ2v) is 4.03. The molecule has 0 spiro atoms. The van der Waals surface area contributed by atoms with E-state index in [0.717, 1.165) is 12.1 Å². The van der Waals surface area contributed by atoms with Gasteiger partial charge in [0.1, 0.15) is 5.82 Å². The van der Waals surface area contributed by atoms with Crippen molar-refractivity contribution in [2.75, 3.05) is 18.5 Å². The summed E-state index contributed by atoms with van der Waals surface area (Å²) < 4.78 is 37.9. The van der Waals surface area contributed by atoms with Crippen LogP contribution in [0.2, 0.25) is 0 Å². The van der Waals surface area contributed by atoms with Crippen molar-refractivity contribution in [1.29, 1.82) is 0 Å². The first-order valence-electron chi connectivity index (χ1n) is 5.87. The Morgan fingerprint density at radius 1 is 1.10 bits per heavy atom. The first kappa shape index (κ1) is 14.3. The number of anilines is 1. The summed E-state index contributed by atoms with van der Waals surface area (Å²) >= 11 is 0. The molecule has 0 amide bonds. The van der Waals surface area contributed by atoms with Crippen LogP contribution in [0.25, 0.3) is 11.3 Å². The highest BCUT2D eigenvalue weighted by Crippen LogP contribution is 2.31. The highest BCUT2D eigenvalue weighted by Gasteiger charge is 2.30. The first-order valence-corrected chi connectivity index (χ1v) is 5.87. The number of alkyl halides is 3. The molecule has 0 saturated carbocycles. The molecule has 0 aliphatic rings. The van der Waals surface area contributed by atoms with Crippen molar-refractivity contribution in [1.82, 2.24) is 10.2 Å². The van der Waals surface area contributed by atoms with Gasteiger partial charge in [-0.05, 0) is 24.3 Å². The number of halogens is 3. The number of hydrogen-bond donors (Lipinski definition) is 2. The number of aliphatic hydroxyl groups excluding tert-OH is 1. The van der Waals surface area contributed by atoms with E-state index in [-0.39, 0.29) is 6.61 Å². The zero-order valence-corrected chi connectivity index (χ0v) is 10.4. The van der Waals surface area contributed by atoms with Crippen LogP contribution in [0.15, 0.2) is 36.4 Å². The molecule has 0 aliphatic carbocycles. The van der Waals surface area contributed by atoms with Gasteiger partial charge < -0.3 is 10.4 Å². The summed E-state index contributed by atoms with van der Waals surface area (Å²) in [6.07, 6.45) is -4.38. The molecule has 0 radical (unpaired) electrons. The monoisotopic (exact) mass is 283 g/mol. The Bertz CT molecular complexity index is 570. The summed E-state index contributed by atoms with van der Waals surface area (Å²) in [6.45, 7) is 0.286. The number of nitrogens with zero attached hydrogens (tertiary/aromatic N) is 2. The maximum atomic E-state index is 12.6. The predicted molar refractivity (Wildman–Crippen MR) is 68.0 cm³/mol. The molecule has 4 nitrogen and oxygen atoms in total. The molecule has 0 saturated heterocycles. The van der Waals surface area contributed by atoms with Gasteiger partial charge in [0.05, 0.1) is 17.9 Å². The lowest BCUT2D eigenvalue weighted by Gasteiger charge is -2.08. The molecule has 1 heterocycles. The molecule has 20 heavy (non-hydrogen) atoms. The van der Waals surface area contributed by atoms with Gasteiger partial charge in [-0.25, -0.2) is 0 Å². The van der Waals surface area contributed by atoms with Gasteiger partial charge in [0.2, 0.25) is 0 Å². The van der Waals surface area contributed by atoms with E-state index < -0.39 is 11.7 Å². The Kier molecular flexibility index (Phi) is 4.19. The predicted octanol–water partition coefficient (Wildman–Crippen LogP) is 2.57. The molecule has 0 atom stereocenters. The lowest BCUT2D eigenvalue weighted by Crippen LogP contribution is -2.07. The van der Waals surface area contributed by atoms with Gasteiger partial charge in [-0.1, -0.05) is 12.1 Å². The third-order valence-corrected chi connectivity index (χ3v) is 2.57. The van der Waals surface area contributed by atoms with Crippen LogP contribution >= 0.6 is 0 Å². The fourth-order valence-electron chi connectivity index (χ4n) is 1.62. The van der Waals surface area contributed by atoms with Crippen molar-refractivity contribution in [2.45, 2.75) is 6.18 Å². The fourth-order valence-corrected chi connectivity index (χ4v) is 1.62. The number of rotatable bonds is 4. The molecule has 2 N–H and O–H groups in total. The van der Waals surface area contributed by atoms with E-state index in [2.05, 4.69) is 15.5 Å². The van der Waals surface area contributed by atoms with Crippen molar-refractivity contribution in [2.24, 2.45) is 0 Å². The summed E-state index contributed by atoms with van der Waals surface area (Å²) in [5.74, 6) is 0.453. The first-order chi connectivity index (χ1) is 9.50. The standard InChI is InChI=1S/C13H12F3N3O/c14-13(15,16)10-3-1-2-9(8-10)11-4-5-12(19-18-11)17-6-7-20/h1-5,8,20H,6-7H2,(H,17,19). The van der Waals surface area contributed by atoms with E-state index in [1.54, 1.807) is 18.2 Å². The van der Waals surface area contributed by atoms with Crippen LogP contribution in [-0.4, -0.2) is 28.5 Å². The summed E-state index contributed by atoms with van der Waals surface area (Å²) in [5.41, 5.74) is -0.0223. The number of aliphatic hydroxyl groups is 1. The minimum atomic E-state index is -4.38. The topological polar surface area (TPSA) is 58.0 Å². The molecule has 0 unspecified atom stereocenters. The molecule has 0 aliphatic heterocycles. The highest BCUT2D eigenvalue weighted by atomic mass is 19.4. The molecular formula is C13H12F3N3O. The van der Waals surface area contributed by atoms with Crippen molar-refractivity contribution in [3.05, 3.63) is 42.0 Å². The molecule has 1 aromatic carbocycles. The summed E-state index contributed by atoms with van der Waals surface area (Å²) in [7, 11) is 0. The Balaban J connectivity index is 2.23. The van der Waals surface area contributed by atoms with Gasteiger partial charge in [0.15, 0.2) is 0 Å². The van der Waals surface area contributed by atoms with Crippen LogP contribution in [0.5, 0.6) is 0 Å². The quantitative estimate of drug-likeness (QED) is 0.905. The highest BCUT2D eigenvalue weighted by molar-refractivity contribution is 5.60. The molecular weight excluding hydrogens is 271 g/mol. The van der Waals surface area contributed by atoms with Gasteiger partial charge in [-0.3, -0.25) is 0 Å². The number of nitrogens with one attached hydrogen (secondary N) is 1. The van der Waals surface area contributed by atoms with Crippen LogP contribution in [0.4, 0.5) is 19.0 Å². The largest absolute Gasteiger partial charge is 0.416 e. The molecule has 2 aromatic rings. The summed E-state index contributed by atoms with van der Waals surface area (Å²) in [4.78, 5) is 0. The van der Waals surface area contributed by atoms with Crippen molar-refractivity contribution >= 4 is 5.82 Å². The average Bonchev–Trinajstić information content (AvgIpc) is 2.45. The van der Waals surface area contributed by atoms with E-state index in [0.29, 0.717) is 23.6 Å². The van der Waals surface area contributed by atoms with Crippen molar-refractivity contribution < 1.29 is 18.3 Å². The zero-order valence-electron chi connectivity index (χ0n) is 10.4. The third-order valence-electron chi connectivity index (χ3n) is 2.57. The van der Waals surface area contributed by atoms with Crippen LogP contribution < -0.4 is 5.32 Å². The molecule has 7 heteroatoms. The summed E-state index contributed by atoms with van der Waals surface area (Å²) in [5, 5.41) is 19.1. The van der Waals surface area contributed by atoms with E-state index >= 15 is 0 Å². The van der Waals surface area contributed by atoms with Crippen LogP contribution in [0.1, 0.15) is 5.56 Å². The van der Waals surface area contributed by atoms with Gasteiger partial charge in [0, 0.05) is 12.1 Å². The smallest absolute Gasteiger partial charge is 0.395 e. The summed E-state index contributed by atoms with van der Waals surface area (Å²) in [6, 6.07) is 8.08. The molecule has 106 valence electrons. The van der Waals surface area contributed by atoms with E-state index in [9.17, 15) is 13.2 Å². The zero-order chi connectivity index (χ0) is 14.6. The molecule has 0 bridgehead atoms. The minimum absolute atomic E-state index is 0.0446. The number of hydrogen-bond acceptors (Lipinski definition) is 4. The molecule has 0 fully saturated rings. The molecule has 1 aromatic heterocycles. The number of aromatic nitrogens is 2. The van der Waals surface area contributed by atoms with Gasteiger partial charge in [-0.15, -0.1) is 10.2 Å². The lowest BCUT2D eigenvalue weighted by molar-refractivity contribution is -0.137. The number of benzene rings is 1. The van der Waals surface area contributed by atoms with E-state index in [4.69, 9.17) is 5.11 Å². The van der Waals surface area contributed by atoms with Crippen LogP contribution in [-0.2, 0) is 6.18 Å². The Morgan fingerprint density at radius 3 is 2.50 bits per heavy atom. The maximum Gasteiger partial charge on any atom is 0.416 e. The van der Waals surface area contributed by atoms with E-state index in [1.165, 1.54) is 6.07 Å². The maximum absolute atomic E-state index is 12.6. The van der Waals surface area contributed by atoms with Crippen molar-refractivity contribution in [3.63, 3.8) is 0 Å². The second-order valence-electron chi connectivity index (χ2n) is 4.03. The minimum Gasteiger partial charge on any atom is -0.395 e. The van der Waals surface area contributed by atoms with Gasteiger partial charge in [-0.2, -0.15) is 13.2 Å². The van der Waals surface area contributed by atoms with Gasteiger partial charge >= 0.3 is 6.18 Å². The average molecular weight is 283 g/mol. The van der Waals surface area contributed by atoms with Crippen molar-refractivity contribution in [3.8, 4) is 11.3 Å². The van der Waals surface area contributed by atoms with Crippen LogP contribution in [0, 0.1) is 0 Å². The van der Waals surface area contributed by atoms with Gasteiger partial charge in [0.25, 0.3) is 0 Å². The Hall–Kier alpha value is -2.15. The fraction of sp³-hybridized carbons (Fsp3) is 0.231. The van der Waals surface area contributed by atoms with Crippen LogP contribution in [0.3, 0.4) is 0 Å². The Morgan fingerprint density at radius 2 is 1.90 bits per heavy atom.